The van der Waals surface area contributed by atoms with Crippen molar-refractivity contribution < 1.29 is 8.85 Å². The van der Waals surface area contributed by atoms with Crippen molar-refractivity contribution in [3.05, 3.63) is 40.4 Å². The molecule has 1 aromatic heterocycles. The van der Waals surface area contributed by atoms with Gasteiger partial charge in [-0.1, -0.05) is 66.7 Å². The van der Waals surface area contributed by atoms with Gasteiger partial charge in [0.15, 0.2) is 5.13 Å². The molecule has 0 saturated heterocycles. The molecule has 0 saturated carbocycles. The number of anilines is 1. The molecule has 5 nitrogen and oxygen atoms in total. The normalized spacial score (nSPS) is 16.8. The number of nitrogens with zero attached hydrogens (tertiary/aromatic N) is 2. The summed E-state index contributed by atoms with van der Waals surface area (Å²) in [5.41, 5.74) is 8.40. The largest absolute Gasteiger partial charge is 0.541 e. The first-order valence-electron chi connectivity index (χ1n) is 15.6. The zero-order chi connectivity index (χ0) is 30.6. The van der Waals surface area contributed by atoms with E-state index in [0.717, 1.165) is 55.4 Å². The zero-order valence-corrected chi connectivity index (χ0v) is 30.6. The second-order valence-electron chi connectivity index (χ2n) is 14.8. The maximum Gasteiger partial charge on any atom is 0.250 e. The van der Waals surface area contributed by atoms with E-state index in [-0.39, 0.29) is 10.1 Å². The lowest BCUT2D eigenvalue weighted by atomic mass is 9.96. The van der Waals surface area contributed by atoms with Crippen LogP contribution in [-0.2, 0) is 12.8 Å². The van der Waals surface area contributed by atoms with Gasteiger partial charge in [-0.05, 0) is 106 Å². The van der Waals surface area contributed by atoms with Crippen LogP contribution in [0.5, 0.6) is 11.5 Å². The van der Waals surface area contributed by atoms with Gasteiger partial charge < -0.3 is 19.5 Å². The van der Waals surface area contributed by atoms with Crippen molar-refractivity contribution >= 4 is 39.2 Å². The van der Waals surface area contributed by atoms with E-state index in [4.69, 9.17) is 14.6 Å². The Kier molecular flexibility index (Phi) is 11.0. The lowest BCUT2D eigenvalue weighted by molar-refractivity contribution is 0.178. The number of thiazole rings is 1. The Labute approximate surface area is 257 Å². The lowest BCUT2D eigenvalue weighted by Gasteiger charge is -2.39. The summed E-state index contributed by atoms with van der Waals surface area (Å²) in [5, 5.41) is 0.962. The number of aryl methyl sites for hydroxylation is 1. The fraction of sp³-hybridized carbons (Fsp3) is 0.667. The second kappa shape index (κ2) is 13.4. The summed E-state index contributed by atoms with van der Waals surface area (Å²) in [6.45, 7) is 27.5. The Morgan fingerprint density at radius 2 is 1.63 bits per heavy atom. The van der Waals surface area contributed by atoms with Crippen LogP contribution in [0.15, 0.2) is 24.3 Å². The van der Waals surface area contributed by atoms with Crippen LogP contribution in [0.2, 0.25) is 36.3 Å². The molecule has 1 heterocycles. The lowest BCUT2D eigenvalue weighted by Crippen LogP contribution is -2.45. The summed E-state index contributed by atoms with van der Waals surface area (Å²) in [6.07, 6.45) is 11.3. The van der Waals surface area contributed by atoms with Crippen LogP contribution in [0.25, 0.3) is 6.08 Å². The maximum absolute atomic E-state index is 6.86. The SMILES string of the molecule is CCCN(CCCC=Cc1ccc(O[Si](C)(C)C(C)(C)C)c(O[Si](C)(C)C(C)(C)C)c1)C1CCc2nc(N)sc2C1. The Morgan fingerprint density at radius 3 is 2.24 bits per heavy atom. The van der Waals surface area contributed by atoms with Crippen LogP contribution < -0.4 is 14.6 Å². The molecule has 230 valence electrons. The van der Waals surface area contributed by atoms with E-state index in [9.17, 15) is 0 Å². The Hall–Kier alpha value is -1.62. The Bertz CT molecular complexity index is 1180. The van der Waals surface area contributed by atoms with E-state index < -0.39 is 16.6 Å². The summed E-state index contributed by atoms with van der Waals surface area (Å²) >= 11 is 1.68. The molecule has 3 rings (SSSR count). The number of unbranched alkanes of at least 4 members (excludes halogenated alkanes) is 1. The fourth-order valence-electron chi connectivity index (χ4n) is 4.73. The third kappa shape index (κ3) is 8.94. The minimum absolute atomic E-state index is 0.115. The van der Waals surface area contributed by atoms with Gasteiger partial charge in [0.1, 0.15) is 11.5 Å². The monoisotopic (exact) mass is 615 g/mol. The number of hydrogen-bond acceptors (Lipinski definition) is 6. The number of hydrogen-bond donors (Lipinski definition) is 1. The Balaban J connectivity index is 1.68. The van der Waals surface area contributed by atoms with Gasteiger partial charge in [0.2, 0.25) is 0 Å². The molecule has 1 aliphatic rings. The predicted octanol–water partition coefficient (Wildman–Crippen LogP) is 9.56. The molecule has 0 radical (unpaired) electrons. The molecule has 8 heteroatoms. The first-order valence-corrected chi connectivity index (χ1v) is 22.2. The highest BCUT2D eigenvalue weighted by atomic mass is 32.1. The van der Waals surface area contributed by atoms with Crippen LogP contribution in [0.3, 0.4) is 0 Å². The van der Waals surface area contributed by atoms with E-state index in [2.05, 4.69) is 115 Å². The summed E-state index contributed by atoms with van der Waals surface area (Å²) in [7, 11) is -4.03. The quantitative estimate of drug-likeness (QED) is 0.190. The molecule has 2 aromatic rings. The summed E-state index contributed by atoms with van der Waals surface area (Å²) in [6, 6.07) is 7.12. The molecule has 1 aromatic carbocycles. The van der Waals surface area contributed by atoms with Gasteiger partial charge in [0.25, 0.3) is 16.6 Å². The van der Waals surface area contributed by atoms with Crippen molar-refractivity contribution in [1.29, 1.82) is 0 Å². The van der Waals surface area contributed by atoms with Crippen molar-refractivity contribution in [3.63, 3.8) is 0 Å². The third-order valence-corrected chi connectivity index (χ3v) is 19.0. The molecule has 1 atom stereocenters. The van der Waals surface area contributed by atoms with Gasteiger partial charge in [-0.3, -0.25) is 0 Å². The van der Waals surface area contributed by atoms with E-state index in [1.807, 2.05) is 0 Å². The average Bonchev–Trinajstić information content (AvgIpc) is 3.22. The van der Waals surface area contributed by atoms with Crippen molar-refractivity contribution in [2.45, 2.75) is 129 Å². The van der Waals surface area contributed by atoms with Gasteiger partial charge in [-0.25, -0.2) is 4.98 Å². The van der Waals surface area contributed by atoms with E-state index >= 15 is 0 Å². The first-order chi connectivity index (χ1) is 18.9. The molecule has 0 spiro atoms. The van der Waals surface area contributed by atoms with Crippen molar-refractivity contribution in [1.82, 2.24) is 9.88 Å². The minimum Gasteiger partial charge on any atom is -0.541 e. The number of fused-ring (bicyclic) bond motifs is 1. The van der Waals surface area contributed by atoms with Crippen molar-refractivity contribution in [3.8, 4) is 11.5 Å². The number of rotatable bonds is 12. The molecule has 2 N–H and O–H groups in total. The molecular formula is C33H57N3O2SSi2. The zero-order valence-electron chi connectivity index (χ0n) is 27.8. The first kappa shape index (κ1) is 33.9. The highest BCUT2D eigenvalue weighted by Crippen LogP contribution is 2.44. The van der Waals surface area contributed by atoms with Gasteiger partial charge >= 0.3 is 0 Å². The molecule has 0 aliphatic heterocycles. The number of nitrogen functional groups attached to an aromatic ring is 1. The predicted molar refractivity (Wildman–Crippen MR) is 185 cm³/mol. The average molecular weight is 616 g/mol. The number of benzene rings is 1. The molecule has 1 aliphatic carbocycles. The van der Waals surface area contributed by atoms with Crippen LogP contribution >= 0.6 is 11.3 Å². The van der Waals surface area contributed by atoms with Crippen LogP contribution in [0.4, 0.5) is 5.13 Å². The molecular weight excluding hydrogens is 559 g/mol. The molecule has 1 unspecified atom stereocenters. The fourth-order valence-corrected chi connectivity index (χ4v) is 7.72. The van der Waals surface area contributed by atoms with Gasteiger partial charge in [0, 0.05) is 10.9 Å². The highest BCUT2D eigenvalue weighted by molar-refractivity contribution is 7.15. The van der Waals surface area contributed by atoms with Crippen molar-refractivity contribution in [2.24, 2.45) is 0 Å². The topological polar surface area (TPSA) is 60.6 Å². The van der Waals surface area contributed by atoms with Crippen molar-refractivity contribution in [2.75, 3.05) is 18.8 Å². The molecule has 41 heavy (non-hydrogen) atoms. The van der Waals surface area contributed by atoms with Crippen LogP contribution in [0.1, 0.15) is 90.3 Å². The van der Waals surface area contributed by atoms with Crippen LogP contribution in [-0.4, -0.2) is 45.7 Å². The number of aromatic nitrogens is 1. The van der Waals surface area contributed by atoms with E-state index in [1.165, 1.54) is 29.0 Å². The smallest absolute Gasteiger partial charge is 0.250 e. The second-order valence-corrected chi connectivity index (χ2v) is 25.4. The van der Waals surface area contributed by atoms with Gasteiger partial charge in [-0.15, -0.1) is 11.3 Å². The summed E-state index contributed by atoms with van der Waals surface area (Å²) in [5.74, 6) is 1.80. The van der Waals surface area contributed by atoms with Gasteiger partial charge in [0.05, 0.1) is 5.69 Å². The number of nitrogens with two attached hydrogens (primary N) is 1. The highest BCUT2D eigenvalue weighted by Gasteiger charge is 2.42. The maximum atomic E-state index is 6.86. The molecule has 0 bridgehead atoms. The van der Waals surface area contributed by atoms with Gasteiger partial charge in [-0.2, -0.15) is 0 Å². The third-order valence-electron chi connectivity index (χ3n) is 9.39. The summed E-state index contributed by atoms with van der Waals surface area (Å²) < 4.78 is 13.6. The molecule has 0 fully saturated rings. The Morgan fingerprint density at radius 1 is 1.00 bits per heavy atom. The minimum atomic E-state index is -2.03. The molecule has 0 amide bonds. The number of allylic oxidation sites excluding steroid dienone is 1. The summed E-state index contributed by atoms with van der Waals surface area (Å²) in [4.78, 5) is 8.63. The van der Waals surface area contributed by atoms with E-state index in [0.29, 0.717) is 6.04 Å². The standard InChI is InChI=1S/C33H57N3O2SSi2/c1-12-21-36(26-18-19-27-30(24-26)39-31(34)35-27)22-15-13-14-16-25-17-20-28(37-40(8,9)32(2,3)4)29(23-25)38-41(10,11)33(5,6)7/h14,16-17,20,23,26H,12-13,15,18-19,21-22,24H2,1-11H3,(H2,34,35). The van der Waals surface area contributed by atoms with E-state index in [1.54, 1.807) is 11.3 Å². The van der Waals surface area contributed by atoms with Crippen LogP contribution in [0, 0.1) is 0 Å².